The maximum absolute atomic E-state index is 12.0. The molecule has 0 aliphatic carbocycles. The topological polar surface area (TPSA) is 107 Å². The third kappa shape index (κ3) is 4.29. The molecule has 0 unspecified atom stereocenters. The van der Waals surface area contributed by atoms with Crippen molar-refractivity contribution >= 4 is 38.9 Å². The first-order chi connectivity index (χ1) is 12.3. The maximum Gasteiger partial charge on any atom is 0.331 e. The summed E-state index contributed by atoms with van der Waals surface area (Å²) in [7, 11) is -1.58. The van der Waals surface area contributed by atoms with Crippen LogP contribution in [0.15, 0.2) is 34.8 Å². The number of hydrogen-bond donors (Lipinski definition) is 0. The Balaban J connectivity index is 1.51. The molecule has 1 fully saturated rings. The molecule has 26 heavy (non-hydrogen) atoms. The summed E-state index contributed by atoms with van der Waals surface area (Å²) in [4.78, 5) is 29.3. The summed E-state index contributed by atoms with van der Waals surface area (Å²) in [5, 5.41) is 0. The molecule has 8 nitrogen and oxygen atoms in total. The monoisotopic (exact) mass is 378 g/mol. The van der Waals surface area contributed by atoms with Gasteiger partial charge in [0.05, 0.1) is 11.5 Å². The van der Waals surface area contributed by atoms with Crippen molar-refractivity contribution in [3.63, 3.8) is 0 Å². The summed E-state index contributed by atoms with van der Waals surface area (Å²) in [5.74, 6) is -0.894. The van der Waals surface area contributed by atoms with Gasteiger partial charge in [0, 0.05) is 25.2 Å². The lowest BCUT2D eigenvalue weighted by Gasteiger charge is -2.22. The van der Waals surface area contributed by atoms with Gasteiger partial charge in [-0.1, -0.05) is 12.1 Å². The Hall–Kier alpha value is -2.68. The van der Waals surface area contributed by atoms with Crippen molar-refractivity contribution in [1.82, 2.24) is 9.88 Å². The number of benzene rings is 1. The molecule has 1 atom stereocenters. The Morgan fingerprint density at radius 3 is 2.85 bits per heavy atom. The van der Waals surface area contributed by atoms with E-state index in [1.165, 1.54) is 18.0 Å². The molecule has 0 saturated carbocycles. The normalized spacial score (nSPS) is 19.0. The van der Waals surface area contributed by atoms with Crippen molar-refractivity contribution in [3.05, 3.63) is 36.2 Å². The molecule has 1 aliphatic heterocycles. The molecular weight excluding hydrogens is 360 g/mol. The predicted octanol–water partition coefficient (Wildman–Crippen LogP) is 1.03. The van der Waals surface area contributed by atoms with Gasteiger partial charge in [-0.2, -0.15) is 0 Å². The molecule has 0 spiro atoms. The van der Waals surface area contributed by atoms with Crippen molar-refractivity contribution in [3.8, 4) is 0 Å². The van der Waals surface area contributed by atoms with Crippen molar-refractivity contribution in [1.29, 1.82) is 0 Å². The van der Waals surface area contributed by atoms with E-state index in [9.17, 15) is 18.0 Å². The molecular formula is C17H18N2O6S. The van der Waals surface area contributed by atoms with Crippen LogP contribution in [0.25, 0.3) is 17.2 Å². The standard InChI is InChI=1S/C17H18N2O6S/c1-19(12-8-9-26(22,23)11-12)16(20)10-24-17(21)7-6-15-18-13-4-2-3-5-14(13)25-15/h2-7,12H,8-11H2,1H3/b7-6+/t12-/m1/s1. The van der Waals surface area contributed by atoms with Crippen molar-refractivity contribution in [2.24, 2.45) is 0 Å². The first-order valence-corrected chi connectivity index (χ1v) is 9.83. The minimum absolute atomic E-state index is 0.0548. The van der Waals surface area contributed by atoms with Gasteiger partial charge >= 0.3 is 5.97 Å². The Labute approximate surface area is 150 Å². The van der Waals surface area contributed by atoms with E-state index in [4.69, 9.17) is 9.15 Å². The molecule has 138 valence electrons. The van der Waals surface area contributed by atoms with Gasteiger partial charge in [-0.3, -0.25) is 4.79 Å². The molecule has 0 radical (unpaired) electrons. The number of esters is 1. The van der Waals surface area contributed by atoms with Crippen LogP contribution in [-0.2, 0) is 24.2 Å². The summed E-state index contributed by atoms with van der Waals surface area (Å²) in [5.41, 5.74) is 1.27. The van der Waals surface area contributed by atoms with Crippen LogP contribution in [0.5, 0.6) is 0 Å². The van der Waals surface area contributed by atoms with Gasteiger partial charge < -0.3 is 14.1 Å². The van der Waals surface area contributed by atoms with E-state index in [0.717, 1.165) is 6.08 Å². The van der Waals surface area contributed by atoms with E-state index in [1.54, 1.807) is 12.1 Å². The number of fused-ring (bicyclic) bond motifs is 1. The number of carbonyl (C=O) groups is 2. The van der Waals surface area contributed by atoms with Gasteiger partial charge in [0.2, 0.25) is 5.89 Å². The number of rotatable bonds is 5. The third-order valence-electron chi connectivity index (χ3n) is 4.16. The van der Waals surface area contributed by atoms with Gasteiger partial charge in [-0.05, 0) is 18.6 Å². The van der Waals surface area contributed by atoms with Crippen LogP contribution < -0.4 is 0 Å². The number of ether oxygens (including phenoxy) is 1. The Morgan fingerprint density at radius 2 is 2.15 bits per heavy atom. The van der Waals surface area contributed by atoms with Crippen LogP contribution in [0.3, 0.4) is 0 Å². The van der Waals surface area contributed by atoms with E-state index in [-0.39, 0.29) is 23.4 Å². The fourth-order valence-corrected chi connectivity index (χ4v) is 4.44. The van der Waals surface area contributed by atoms with Crippen LogP contribution >= 0.6 is 0 Å². The second kappa shape index (κ2) is 7.28. The Morgan fingerprint density at radius 1 is 1.38 bits per heavy atom. The lowest BCUT2D eigenvalue weighted by atomic mass is 10.2. The van der Waals surface area contributed by atoms with Gasteiger partial charge in [-0.15, -0.1) is 0 Å². The van der Waals surface area contributed by atoms with Crippen LogP contribution in [0.4, 0.5) is 0 Å². The number of amides is 1. The van der Waals surface area contributed by atoms with E-state index in [0.29, 0.717) is 17.5 Å². The summed E-state index contributed by atoms with van der Waals surface area (Å²) in [6, 6.07) is 6.81. The van der Waals surface area contributed by atoms with Crippen molar-refractivity contribution in [2.45, 2.75) is 12.5 Å². The fourth-order valence-electron chi connectivity index (χ4n) is 2.67. The van der Waals surface area contributed by atoms with Gasteiger partial charge in [0.15, 0.2) is 22.0 Å². The molecule has 2 aromatic rings. The van der Waals surface area contributed by atoms with E-state index in [2.05, 4.69) is 4.98 Å². The summed E-state index contributed by atoms with van der Waals surface area (Å²) < 4.78 is 33.3. The predicted molar refractivity (Wildman–Crippen MR) is 93.8 cm³/mol. The lowest BCUT2D eigenvalue weighted by molar-refractivity contribution is -0.148. The number of carbonyl (C=O) groups excluding carboxylic acids is 2. The van der Waals surface area contributed by atoms with Gasteiger partial charge in [-0.25, -0.2) is 18.2 Å². The van der Waals surface area contributed by atoms with E-state index in [1.807, 2.05) is 12.1 Å². The van der Waals surface area contributed by atoms with E-state index < -0.39 is 28.3 Å². The number of para-hydroxylation sites is 2. The highest BCUT2D eigenvalue weighted by Crippen LogP contribution is 2.17. The zero-order valence-corrected chi connectivity index (χ0v) is 14.9. The third-order valence-corrected chi connectivity index (χ3v) is 5.91. The smallest absolute Gasteiger partial charge is 0.331 e. The number of oxazole rings is 1. The van der Waals surface area contributed by atoms with E-state index >= 15 is 0 Å². The van der Waals surface area contributed by atoms with Gasteiger partial charge in [0.25, 0.3) is 5.91 Å². The minimum atomic E-state index is -3.09. The molecule has 1 aliphatic rings. The Kier molecular flexibility index (Phi) is 5.08. The SMILES string of the molecule is CN(C(=O)COC(=O)/C=C/c1nc2ccccc2o1)[C@@H]1CCS(=O)(=O)C1. The number of sulfone groups is 1. The average molecular weight is 378 g/mol. The molecule has 0 bridgehead atoms. The second-order valence-corrected chi connectivity index (χ2v) is 8.25. The summed E-state index contributed by atoms with van der Waals surface area (Å²) >= 11 is 0. The van der Waals surface area contributed by atoms with Crippen LogP contribution in [0.2, 0.25) is 0 Å². The fraction of sp³-hybridized carbons (Fsp3) is 0.353. The summed E-state index contributed by atoms with van der Waals surface area (Å²) in [6.07, 6.45) is 2.88. The molecule has 2 heterocycles. The quantitative estimate of drug-likeness (QED) is 0.565. The first kappa shape index (κ1) is 18.1. The molecule has 1 aromatic carbocycles. The number of nitrogens with zero attached hydrogens (tertiary/aromatic N) is 2. The molecule has 1 aromatic heterocycles. The zero-order chi connectivity index (χ0) is 18.7. The molecule has 1 saturated heterocycles. The zero-order valence-electron chi connectivity index (χ0n) is 14.1. The molecule has 3 rings (SSSR count). The summed E-state index contributed by atoms with van der Waals surface area (Å²) in [6.45, 7) is -0.455. The van der Waals surface area contributed by atoms with Crippen LogP contribution in [-0.4, -0.2) is 61.4 Å². The maximum atomic E-state index is 12.0. The van der Waals surface area contributed by atoms with Crippen LogP contribution in [0.1, 0.15) is 12.3 Å². The minimum Gasteiger partial charge on any atom is -0.452 e. The number of hydrogen-bond acceptors (Lipinski definition) is 7. The molecule has 1 amide bonds. The number of likely N-dealkylation sites (N-methyl/N-ethyl adjacent to an activating group) is 1. The average Bonchev–Trinajstić information content (AvgIpc) is 3.19. The molecule has 0 N–H and O–H groups in total. The largest absolute Gasteiger partial charge is 0.452 e. The first-order valence-electron chi connectivity index (χ1n) is 8.00. The number of aromatic nitrogens is 1. The van der Waals surface area contributed by atoms with Crippen molar-refractivity contribution < 1.29 is 27.2 Å². The highest BCUT2D eigenvalue weighted by molar-refractivity contribution is 7.91. The Bertz CT molecular complexity index is 930. The highest BCUT2D eigenvalue weighted by Gasteiger charge is 2.32. The van der Waals surface area contributed by atoms with Gasteiger partial charge in [0.1, 0.15) is 5.52 Å². The van der Waals surface area contributed by atoms with Crippen LogP contribution in [0, 0.1) is 0 Å². The highest BCUT2D eigenvalue weighted by atomic mass is 32.2. The lowest BCUT2D eigenvalue weighted by Crippen LogP contribution is -2.40. The second-order valence-electron chi connectivity index (χ2n) is 6.02. The molecule has 9 heteroatoms. The van der Waals surface area contributed by atoms with Crippen molar-refractivity contribution in [2.75, 3.05) is 25.2 Å².